The molecule has 0 aliphatic heterocycles. The van der Waals surface area contributed by atoms with Gasteiger partial charge >= 0.3 is 0 Å². The summed E-state index contributed by atoms with van der Waals surface area (Å²) < 4.78 is 24.4. The standard InChI is InChI=1S/C17H18O4S/c1-13-7-9-15(10-8-13)22(20,21)12-17(19)16(18)11-14-5-3-2-4-6-14/h2-10,16,18H,11-12H2,1H3/t16-/m0/s1. The number of Topliss-reactive ketones (excluding diaryl/α,β-unsaturated/α-hetero) is 1. The highest BCUT2D eigenvalue weighted by Gasteiger charge is 2.24. The molecule has 4 nitrogen and oxygen atoms in total. The Kier molecular flexibility index (Phi) is 5.11. The molecule has 1 N–H and O–H groups in total. The van der Waals surface area contributed by atoms with E-state index >= 15 is 0 Å². The van der Waals surface area contributed by atoms with Crippen LogP contribution in [0.5, 0.6) is 0 Å². The van der Waals surface area contributed by atoms with Crippen LogP contribution in [0.2, 0.25) is 0 Å². The van der Waals surface area contributed by atoms with E-state index in [4.69, 9.17) is 0 Å². The Hall–Kier alpha value is -1.98. The summed E-state index contributed by atoms with van der Waals surface area (Å²) >= 11 is 0. The van der Waals surface area contributed by atoms with E-state index in [2.05, 4.69) is 0 Å². The largest absolute Gasteiger partial charge is 0.385 e. The molecule has 0 aromatic heterocycles. The number of aliphatic hydroxyl groups is 1. The van der Waals surface area contributed by atoms with Crippen LogP contribution in [-0.4, -0.2) is 31.2 Å². The predicted molar refractivity (Wildman–Crippen MR) is 84.4 cm³/mol. The summed E-state index contributed by atoms with van der Waals surface area (Å²) in [4.78, 5) is 12.1. The van der Waals surface area contributed by atoms with Gasteiger partial charge in [-0.3, -0.25) is 4.79 Å². The van der Waals surface area contributed by atoms with Gasteiger partial charge in [-0.25, -0.2) is 8.42 Å². The van der Waals surface area contributed by atoms with E-state index in [0.29, 0.717) is 0 Å². The van der Waals surface area contributed by atoms with Crippen LogP contribution in [0.3, 0.4) is 0 Å². The predicted octanol–water partition coefficient (Wildman–Crippen LogP) is 1.94. The van der Waals surface area contributed by atoms with E-state index in [0.717, 1.165) is 11.1 Å². The van der Waals surface area contributed by atoms with Crippen molar-refractivity contribution in [1.82, 2.24) is 0 Å². The molecule has 0 radical (unpaired) electrons. The lowest BCUT2D eigenvalue weighted by Crippen LogP contribution is -2.29. The molecule has 0 amide bonds. The Balaban J connectivity index is 2.05. The fourth-order valence-electron chi connectivity index (χ4n) is 2.06. The number of ketones is 1. The van der Waals surface area contributed by atoms with Gasteiger partial charge in [-0.2, -0.15) is 0 Å². The number of rotatable bonds is 6. The maximum atomic E-state index is 12.2. The second kappa shape index (κ2) is 6.85. The van der Waals surface area contributed by atoms with Gasteiger partial charge in [0.2, 0.25) is 0 Å². The molecule has 2 rings (SSSR count). The summed E-state index contributed by atoms with van der Waals surface area (Å²) in [6.45, 7) is 1.85. The first-order valence-electron chi connectivity index (χ1n) is 6.92. The second-order valence-corrected chi connectivity index (χ2v) is 7.23. The van der Waals surface area contributed by atoms with Crippen LogP contribution in [0.4, 0.5) is 0 Å². The van der Waals surface area contributed by atoms with Crippen LogP contribution >= 0.6 is 0 Å². The van der Waals surface area contributed by atoms with E-state index in [-0.39, 0.29) is 11.3 Å². The Morgan fingerprint density at radius 3 is 2.23 bits per heavy atom. The van der Waals surface area contributed by atoms with Gasteiger partial charge in [0.1, 0.15) is 11.9 Å². The smallest absolute Gasteiger partial charge is 0.185 e. The number of aliphatic hydroxyl groups excluding tert-OH is 1. The van der Waals surface area contributed by atoms with Crippen LogP contribution in [0.1, 0.15) is 11.1 Å². The second-order valence-electron chi connectivity index (χ2n) is 5.24. The van der Waals surface area contributed by atoms with Crippen LogP contribution < -0.4 is 0 Å². The van der Waals surface area contributed by atoms with Gasteiger partial charge in [0, 0.05) is 6.42 Å². The molecule has 0 bridgehead atoms. The summed E-state index contributed by atoms with van der Waals surface area (Å²) in [5, 5.41) is 9.91. The lowest BCUT2D eigenvalue weighted by Gasteiger charge is -2.10. The van der Waals surface area contributed by atoms with Crippen molar-refractivity contribution in [3.63, 3.8) is 0 Å². The maximum absolute atomic E-state index is 12.2. The topological polar surface area (TPSA) is 71.4 Å². The number of aryl methyl sites for hydroxylation is 1. The fraction of sp³-hybridized carbons (Fsp3) is 0.235. The van der Waals surface area contributed by atoms with Gasteiger partial charge in [-0.1, -0.05) is 48.0 Å². The molecule has 0 saturated carbocycles. The molecule has 0 spiro atoms. The van der Waals surface area contributed by atoms with Gasteiger partial charge < -0.3 is 5.11 Å². The highest BCUT2D eigenvalue weighted by Crippen LogP contribution is 2.13. The van der Waals surface area contributed by atoms with Crippen molar-refractivity contribution in [3.05, 3.63) is 65.7 Å². The molecule has 0 saturated heterocycles. The molecular weight excluding hydrogens is 300 g/mol. The van der Waals surface area contributed by atoms with Crippen molar-refractivity contribution in [3.8, 4) is 0 Å². The van der Waals surface area contributed by atoms with Crippen molar-refractivity contribution in [1.29, 1.82) is 0 Å². The van der Waals surface area contributed by atoms with Crippen LogP contribution in [0, 0.1) is 6.92 Å². The zero-order valence-electron chi connectivity index (χ0n) is 12.3. The fourth-order valence-corrected chi connectivity index (χ4v) is 3.35. The van der Waals surface area contributed by atoms with Crippen molar-refractivity contribution in [2.75, 3.05) is 5.75 Å². The van der Waals surface area contributed by atoms with Gasteiger partial charge in [-0.05, 0) is 24.6 Å². The Morgan fingerprint density at radius 2 is 1.64 bits per heavy atom. The zero-order chi connectivity index (χ0) is 16.2. The molecule has 0 aliphatic carbocycles. The highest BCUT2D eigenvalue weighted by molar-refractivity contribution is 7.92. The third-order valence-electron chi connectivity index (χ3n) is 3.36. The number of sulfone groups is 1. The summed E-state index contributed by atoms with van der Waals surface area (Å²) in [5.41, 5.74) is 1.73. The molecule has 116 valence electrons. The number of carbonyl (C=O) groups is 1. The Labute approximate surface area is 130 Å². The van der Waals surface area contributed by atoms with Gasteiger partial charge in [0.25, 0.3) is 0 Å². The minimum atomic E-state index is -3.72. The van der Waals surface area contributed by atoms with Gasteiger partial charge in [0.15, 0.2) is 15.6 Å². The van der Waals surface area contributed by atoms with E-state index in [9.17, 15) is 18.3 Å². The first-order chi connectivity index (χ1) is 10.4. The average molecular weight is 318 g/mol. The summed E-state index contributed by atoms with van der Waals surface area (Å²) in [7, 11) is -3.72. The SMILES string of the molecule is Cc1ccc(S(=O)(=O)CC(=O)[C@@H](O)Cc2ccccc2)cc1. The molecule has 22 heavy (non-hydrogen) atoms. The van der Waals surface area contributed by atoms with Crippen molar-refractivity contribution in [2.45, 2.75) is 24.3 Å². The molecule has 5 heteroatoms. The lowest BCUT2D eigenvalue weighted by molar-refractivity contribution is -0.124. The third kappa shape index (κ3) is 4.26. The zero-order valence-corrected chi connectivity index (χ0v) is 13.1. The summed E-state index contributed by atoms with van der Waals surface area (Å²) in [5.74, 6) is -1.38. The van der Waals surface area contributed by atoms with E-state index in [1.807, 2.05) is 13.0 Å². The van der Waals surface area contributed by atoms with Crippen molar-refractivity contribution < 1.29 is 18.3 Å². The van der Waals surface area contributed by atoms with E-state index in [1.54, 1.807) is 36.4 Å². The molecular formula is C17H18O4S. The van der Waals surface area contributed by atoms with Crippen molar-refractivity contribution >= 4 is 15.6 Å². The summed E-state index contributed by atoms with van der Waals surface area (Å²) in [6.07, 6.45) is -1.20. The number of hydrogen-bond acceptors (Lipinski definition) is 4. The number of carbonyl (C=O) groups excluding carboxylic acids is 1. The molecule has 1 atom stereocenters. The number of benzene rings is 2. The van der Waals surface area contributed by atoms with E-state index in [1.165, 1.54) is 12.1 Å². The first-order valence-corrected chi connectivity index (χ1v) is 8.58. The molecule has 2 aromatic rings. The molecule has 0 heterocycles. The molecule has 2 aromatic carbocycles. The quantitative estimate of drug-likeness (QED) is 0.883. The molecule has 0 aliphatic rings. The number of hydrogen-bond donors (Lipinski definition) is 1. The average Bonchev–Trinajstić information content (AvgIpc) is 2.48. The summed E-state index contributed by atoms with van der Waals surface area (Å²) in [6, 6.07) is 15.3. The highest BCUT2D eigenvalue weighted by atomic mass is 32.2. The van der Waals surface area contributed by atoms with Gasteiger partial charge in [-0.15, -0.1) is 0 Å². The first kappa shape index (κ1) is 16.4. The minimum Gasteiger partial charge on any atom is -0.385 e. The van der Waals surface area contributed by atoms with Crippen LogP contribution in [-0.2, 0) is 21.1 Å². The minimum absolute atomic E-state index is 0.0957. The lowest BCUT2D eigenvalue weighted by atomic mass is 10.1. The van der Waals surface area contributed by atoms with E-state index < -0.39 is 27.5 Å². The maximum Gasteiger partial charge on any atom is 0.185 e. The third-order valence-corrected chi connectivity index (χ3v) is 5.01. The normalized spacial score (nSPS) is 12.8. The van der Waals surface area contributed by atoms with Gasteiger partial charge in [0.05, 0.1) is 4.90 Å². The molecule has 0 unspecified atom stereocenters. The monoisotopic (exact) mass is 318 g/mol. The Morgan fingerprint density at radius 1 is 1.05 bits per heavy atom. The Bertz CT molecular complexity index is 734. The molecule has 0 fully saturated rings. The van der Waals surface area contributed by atoms with Crippen molar-refractivity contribution in [2.24, 2.45) is 0 Å². The van der Waals surface area contributed by atoms with Crippen LogP contribution in [0.15, 0.2) is 59.5 Å². The van der Waals surface area contributed by atoms with Crippen LogP contribution in [0.25, 0.3) is 0 Å².